The minimum Gasteiger partial charge on any atom is -0.301 e. The van der Waals surface area contributed by atoms with Gasteiger partial charge in [0.2, 0.25) is 0 Å². The molecule has 0 aromatic carbocycles. The van der Waals surface area contributed by atoms with Gasteiger partial charge >= 0.3 is 0 Å². The molecule has 0 fully saturated rings. The second-order valence-electron chi connectivity index (χ2n) is 3.74. The Balaban J connectivity index is 4.32. The predicted molar refractivity (Wildman–Crippen MR) is 52.3 cm³/mol. The van der Waals surface area contributed by atoms with Crippen LogP contribution in [-0.4, -0.2) is 29.8 Å². The molecule has 0 heterocycles. The number of hydrogen-bond acceptors (Lipinski definition) is 2. The molecule has 0 spiro atoms. The van der Waals surface area contributed by atoms with Gasteiger partial charge < -0.3 is 4.90 Å². The third-order valence-electron chi connectivity index (χ3n) is 2.79. The van der Waals surface area contributed by atoms with Crippen molar-refractivity contribution in [2.24, 2.45) is 0 Å². The number of nitrogens with zero attached hydrogens (tertiary/aromatic N) is 1. The first kappa shape index (κ1) is 11.6. The van der Waals surface area contributed by atoms with Crippen LogP contribution < -0.4 is 0 Å². The van der Waals surface area contributed by atoms with E-state index in [9.17, 15) is 4.79 Å². The van der Waals surface area contributed by atoms with Crippen LogP contribution in [0.3, 0.4) is 0 Å². The molecule has 1 unspecified atom stereocenters. The Kier molecular flexibility index (Phi) is 4.46. The van der Waals surface area contributed by atoms with Crippen molar-refractivity contribution in [3.8, 4) is 0 Å². The highest BCUT2D eigenvalue weighted by molar-refractivity contribution is 5.76. The fourth-order valence-electron chi connectivity index (χ4n) is 1.45. The lowest BCUT2D eigenvalue weighted by Gasteiger charge is -2.37. The highest BCUT2D eigenvalue weighted by Crippen LogP contribution is 2.21. The van der Waals surface area contributed by atoms with Gasteiger partial charge in [-0.05, 0) is 33.9 Å². The molecule has 0 saturated carbocycles. The number of carbonyl (C=O) groups excluding carboxylic acids is 1. The Morgan fingerprint density at radius 3 is 2.17 bits per heavy atom. The van der Waals surface area contributed by atoms with Crippen LogP contribution in [0, 0.1) is 0 Å². The molecule has 0 radical (unpaired) electrons. The van der Waals surface area contributed by atoms with Crippen molar-refractivity contribution >= 4 is 5.78 Å². The minimum absolute atomic E-state index is 0.0561. The first-order chi connectivity index (χ1) is 5.46. The summed E-state index contributed by atoms with van der Waals surface area (Å²) in [5, 5.41) is 0. The van der Waals surface area contributed by atoms with Gasteiger partial charge in [-0.25, -0.2) is 0 Å². The van der Waals surface area contributed by atoms with Crippen LogP contribution >= 0.6 is 0 Å². The van der Waals surface area contributed by atoms with Gasteiger partial charge in [0.05, 0.1) is 0 Å². The zero-order chi connectivity index (χ0) is 9.78. The number of Topliss-reactive ketones (excluding diaryl/α,β-unsaturated/α-hetero) is 1. The quantitative estimate of drug-likeness (QED) is 0.631. The molecule has 12 heavy (non-hydrogen) atoms. The molecular weight excluding hydrogens is 150 g/mol. The molecule has 2 nitrogen and oxygen atoms in total. The number of ketones is 1. The summed E-state index contributed by atoms with van der Waals surface area (Å²) in [6.45, 7) is 9.07. The van der Waals surface area contributed by atoms with E-state index in [0.717, 1.165) is 13.0 Å². The van der Waals surface area contributed by atoms with Crippen LogP contribution in [0.2, 0.25) is 0 Å². The van der Waals surface area contributed by atoms with Crippen LogP contribution in [-0.2, 0) is 4.79 Å². The van der Waals surface area contributed by atoms with Gasteiger partial charge in [0.15, 0.2) is 0 Å². The monoisotopic (exact) mass is 171 g/mol. The van der Waals surface area contributed by atoms with Gasteiger partial charge in [0.25, 0.3) is 0 Å². The Morgan fingerprint density at radius 1 is 1.42 bits per heavy atom. The summed E-state index contributed by atoms with van der Waals surface area (Å²) >= 11 is 0. The second-order valence-corrected chi connectivity index (χ2v) is 3.74. The van der Waals surface area contributed by atoms with Crippen molar-refractivity contribution in [3.05, 3.63) is 0 Å². The molecule has 0 N–H and O–H groups in total. The number of rotatable bonds is 5. The zero-order valence-corrected chi connectivity index (χ0v) is 8.98. The third-order valence-corrected chi connectivity index (χ3v) is 2.79. The predicted octanol–water partition coefficient (Wildman–Crippen LogP) is 2.09. The summed E-state index contributed by atoms with van der Waals surface area (Å²) in [6, 6.07) is 0. The van der Waals surface area contributed by atoms with Crippen LogP contribution in [0.15, 0.2) is 0 Å². The maximum absolute atomic E-state index is 11.0. The fraction of sp³-hybridized carbons (Fsp3) is 0.900. The van der Waals surface area contributed by atoms with Crippen LogP contribution in [0.4, 0.5) is 0 Å². The van der Waals surface area contributed by atoms with E-state index >= 15 is 0 Å². The summed E-state index contributed by atoms with van der Waals surface area (Å²) in [4.78, 5) is 13.3. The number of hydrogen-bond donors (Lipinski definition) is 0. The molecule has 1 atom stereocenters. The van der Waals surface area contributed by atoms with Crippen LogP contribution in [0.1, 0.15) is 40.5 Å². The molecular formula is C10H21NO. The van der Waals surface area contributed by atoms with E-state index in [1.807, 2.05) is 0 Å². The Labute approximate surface area is 75.9 Å². The molecule has 0 bridgehead atoms. The normalized spacial score (nSPS) is 16.2. The molecule has 0 rings (SSSR count). The zero-order valence-electron chi connectivity index (χ0n) is 8.98. The van der Waals surface area contributed by atoms with Crippen molar-refractivity contribution in [2.45, 2.75) is 46.1 Å². The average Bonchev–Trinajstić information content (AvgIpc) is 2.01. The maximum atomic E-state index is 11.0. The summed E-state index contributed by atoms with van der Waals surface area (Å²) in [5.41, 5.74) is 0.0561. The standard InChI is InChI=1S/C10H21NO/c1-6-10(4,8-9(3)12)11(5)7-2/h6-8H2,1-5H3. The fourth-order valence-corrected chi connectivity index (χ4v) is 1.45. The largest absolute Gasteiger partial charge is 0.301 e. The maximum Gasteiger partial charge on any atom is 0.131 e. The molecule has 0 aromatic heterocycles. The lowest BCUT2D eigenvalue weighted by molar-refractivity contribution is -0.119. The minimum atomic E-state index is 0.0561. The lowest BCUT2D eigenvalue weighted by Crippen LogP contribution is -2.44. The average molecular weight is 171 g/mol. The van der Waals surface area contributed by atoms with Gasteiger partial charge in [0.1, 0.15) is 5.78 Å². The van der Waals surface area contributed by atoms with E-state index in [1.54, 1.807) is 6.92 Å². The van der Waals surface area contributed by atoms with Gasteiger partial charge in [0, 0.05) is 12.0 Å². The van der Waals surface area contributed by atoms with Gasteiger partial charge in [-0.2, -0.15) is 0 Å². The Hall–Kier alpha value is -0.370. The van der Waals surface area contributed by atoms with Crippen molar-refractivity contribution in [1.29, 1.82) is 0 Å². The van der Waals surface area contributed by atoms with Crippen LogP contribution in [0.25, 0.3) is 0 Å². The molecule has 0 saturated heterocycles. The highest BCUT2D eigenvalue weighted by atomic mass is 16.1. The highest BCUT2D eigenvalue weighted by Gasteiger charge is 2.27. The Bertz CT molecular complexity index is 156. The molecule has 0 aliphatic rings. The van der Waals surface area contributed by atoms with Gasteiger partial charge in [-0.3, -0.25) is 4.79 Å². The van der Waals surface area contributed by atoms with Crippen molar-refractivity contribution < 1.29 is 4.79 Å². The van der Waals surface area contributed by atoms with E-state index < -0.39 is 0 Å². The van der Waals surface area contributed by atoms with E-state index in [-0.39, 0.29) is 11.3 Å². The summed E-state index contributed by atoms with van der Waals surface area (Å²) in [6.07, 6.45) is 1.69. The van der Waals surface area contributed by atoms with E-state index in [2.05, 4.69) is 32.7 Å². The molecule has 0 aliphatic carbocycles. The molecule has 2 heteroatoms. The Morgan fingerprint density at radius 2 is 1.92 bits per heavy atom. The summed E-state index contributed by atoms with van der Waals surface area (Å²) in [7, 11) is 2.08. The first-order valence-corrected chi connectivity index (χ1v) is 4.67. The van der Waals surface area contributed by atoms with E-state index in [1.165, 1.54) is 0 Å². The first-order valence-electron chi connectivity index (χ1n) is 4.67. The van der Waals surface area contributed by atoms with Crippen molar-refractivity contribution in [1.82, 2.24) is 4.90 Å². The van der Waals surface area contributed by atoms with Gasteiger partial charge in [-0.15, -0.1) is 0 Å². The second kappa shape index (κ2) is 4.61. The number of carbonyl (C=O) groups is 1. The van der Waals surface area contributed by atoms with Crippen molar-refractivity contribution in [3.63, 3.8) is 0 Å². The molecule has 0 aromatic rings. The smallest absolute Gasteiger partial charge is 0.131 e. The van der Waals surface area contributed by atoms with E-state index in [0.29, 0.717) is 6.42 Å². The van der Waals surface area contributed by atoms with Gasteiger partial charge in [-0.1, -0.05) is 13.8 Å². The topological polar surface area (TPSA) is 20.3 Å². The van der Waals surface area contributed by atoms with Crippen LogP contribution in [0.5, 0.6) is 0 Å². The molecule has 72 valence electrons. The SMILES string of the molecule is CCN(C)C(C)(CC)CC(C)=O. The van der Waals surface area contributed by atoms with Crippen molar-refractivity contribution in [2.75, 3.05) is 13.6 Å². The molecule has 0 amide bonds. The molecule has 0 aliphatic heterocycles. The third kappa shape index (κ3) is 2.94. The summed E-state index contributed by atoms with van der Waals surface area (Å²) < 4.78 is 0. The van der Waals surface area contributed by atoms with E-state index in [4.69, 9.17) is 0 Å². The summed E-state index contributed by atoms with van der Waals surface area (Å²) in [5.74, 6) is 0.277. The lowest BCUT2D eigenvalue weighted by atomic mass is 9.91.